The highest BCUT2D eigenvalue weighted by Crippen LogP contribution is 2.39. The Bertz CT molecular complexity index is 805. The predicted molar refractivity (Wildman–Crippen MR) is 79.4 cm³/mol. The number of fused-ring (bicyclic) bond motifs is 3. The quantitative estimate of drug-likeness (QED) is 0.804. The van der Waals surface area contributed by atoms with Crippen LogP contribution in [0.25, 0.3) is 10.9 Å². The van der Waals surface area contributed by atoms with Crippen molar-refractivity contribution in [2.24, 2.45) is 5.41 Å². The van der Waals surface area contributed by atoms with Gasteiger partial charge in [-0.2, -0.15) is 5.26 Å². The number of pyridine rings is 1. The Hall–Kier alpha value is -2.41. The van der Waals surface area contributed by atoms with Crippen LogP contribution in [0.4, 0.5) is 0 Å². The van der Waals surface area contributed by atoms with E-state index < -0.39 is 5.41 Å². The standard InChI is InChI=1S/C17H16N2O2/c1-10-15-13(6-7-17(2,9-18)16(15)20)12-5-4-11(21-3)8-14(12)19-10/h4-5,8H,6-7H2,1-3H3. The fourth-order valence-electron chi connectivity index (χ4n) is 3.01. The van der Waals surface area contributed by atoms with Crippen LogP contribution in [0.2, 0.25) is 0 Å². The molecule has 0 radical (unpaired) electrons. The van der Waals surface area contributed by atoms with Crippen molar-refractivity contribution < 1.29 is 9.53 Å². The van der Waals surface area contributed by atoms with E-state index >= 15 is 0 Å². The fraction of sp³-hybridized carbons (Fsp3) is 0.353. The van der Waals surface area contributed by atoms with E-state index in [0.29, 0.717) is 17.7 Å². The summed E-state index contributed by atoms with van der Waals surface area (Å²) in [4.78, 5) is 17.2. The number of hydrogen-bond acceptors (Lipinski definition) is 4. The Balaban J connectivity index is 2.30. The van der Waals surface area contributed by atoms with E-state index in [9.17, 15) is 10.1 Å². The number of carbonyl (C=O) groups is 1. The first-order chi connectivity index (χ1) is 10.00. The summed E-state index contributed by atoms with van der Waals surface area (Å²) in [6.45, 7) is 3.55. The molecule has 0 N–H and O–H groups in total. The van der Waals surface area contributed by atoms with Gasteiger partial charge in [0.1, 0.15) is 11.2 Å². The third-order valence-electron chi connectivity index (χ3n) is 4.33. The number of hydrogen-bond donors (Lipinski definition) is 0. The minimum Gasteiger partial charge on any atom is -0.497 e. The van der Waals surface area contributed by atoms with Gasteiger partial charge in [-0.1, -0.05) is 0 Å². The number of carbonyl (C=O) groups excluding carboxylic acids is 1. The van der Waals surface area contributed by atoms with E-state index in [4.69, 9.17) is 4.74 Å². The number of nitriles is 1. The maximum absolute atomic E-state index is 12.7. The lowest BCUT2D eigenvalue weighted by atomic mass is 9.71. The summed E-state index contributed by atoms with van der Waals surface area (Å²) in [5, 5.41) is 10.3. The average molecular weight is 280 g/mol. The lowest BCUT2D eigenvalue weighted by molar-refractivity contribution is 0.0853. The molecule has 0 saturated heterocycles. The number of rotatable bonds is 1. The van der Waals surface area contributed by atoms with Gasteiger partial charge in [0, 0.05) is 22.7 Å². The number of aromatic nitrogens is 1. The van der Waals surface area contributed by atoms with Crippen LogP contribution in [0, 0.1) is 23.7 Å². The van der Waals surface area contributed by atoms with Gasteiger partial charge in [0.2, 0.25) is 0 Å². The normalized spacial score (nSPS) is 21.0. The third kappa shape index (κ3) is 1.89. The molecule has 0 amide bonds. The Morgan fingerprint density at radius 3 is 2.86 bits per heavy atom. The summed E-state index contributed by atoms with van der Waals surface area (Å²) in [6, 6.07) is 7.87. The van der Waals surface area contributed by atoms with Crippen LogP contribution in [0.3, 0.4) is 0 Å². The number of methoxy groups -OCH3 is 1. The average Bonchev–Trinajstić information content (AvgIpc) is 2.49. The van der Waals surface area contributed by atoms with Crippen molar-refractivity contribution in [2.45, 2.75) is 26.7 Å². The van der Waals surface area contributed by atoms with Crippen LogP contribution in [0.1, 0.15) is 35.0 Å². The van der Waals surface area contributed by atoms with Gasteiger partial charge in [0.15, 0.2) is 5.78 Å². The highest BCUT2D eigenvalue weighted by molar-refractivity contribution is 6.08. The van der Waals surface area contributed by atoms with Crippen molar-refractivity contribution in [1.29, 1.82) is 5.26 Å². The lowest BCUT2D eigenvalue weighted by Gasteiger charge is -2.28. The van der Waals surface area contributed by atoms with Gasteiger partial charge in [-0.15, -0.1) is 0 Å². The van der Waals surface area contributed by atoms with Crippen molar-refractivity contribution >= 4 is 16.7 Å². The third-order valence-corrected chi connectivity index (χ3v) is 4.33. The van der Waals surface area contributed by atoms with Crippen LogP contribution >= 0.6 is 0 Å². The molecule has 0 bridgehead atoms. The molecule has 0 fully saturated rings. The first-order valence-corrected chi connectivity index (χ1v) is 6.93. The second kappa shape index (κ2) is 4.56. The molecule has 1 aliphatic carbocycles. The number of nitrogens with zero attached hydrogens (tertiary/aromatic N) is 2. The largest absolute Gasteiger partial charge is 0.497 e. The van der Waals surface area contributed by atoms with Crippen LogP contribution in [0.5, 0.6) is 5.75 Å². The van der Waals surface area contributed by atoms with Crippen LogP contribution in [-0.4, -0.2) is 17.9 Å². The molecule has 0 aliphatic heterocycles. The molecular weight excluding hydrogens is 264 g/mol. The smallest absolute Gasteiger partial charge is 0.184 e. The van der Waals surface area contributed by atoms with Crippen molar-refractivity contribution in [3.05, 3.63) is 35.0 Å². The van der Waals surface area contributed by atoms with E-state index in [2.05, 4.69) is 11.1 Å². The second-order valence-electron chi connectivity index (χ2n) is 5.71. The topological polar surface area (TPSA) is 63.0 Å². The molecule has 106 valence electrons. The van der Waals surface area contributed by atoms with Gasteiger partial charge in [-0.3, -0.25) is 9.78 Å². The number of benzene rings is 1. The SMILES string of the molecule is COc1ccc2c3c(c(C)nc2c1)C(=O)C(C)(C#N)CC3. The van der Waals surface area contributed by atoms with Gasteiger partial charge in [0.05, 0.1) is 18.7 Å². The number of ether oxygens (including phenoxy) is 1. The van der Waals surface area contributed by atoms with Gasteiger partial charge in [-0.05, 0) is 44.4 Å². The lowest BCUT2D eigenvalue weighted by Crippen LogP contribution is -2.33. The summed E-state index contributed by atoms with van der Waals surface area (Å²) in [5.74, 6) is 0.646. The zero-order valence-electron chi connectivity index (χ0n) is 12.4. The highest BCUT2D eigenvalue weighted by atomic mass is 16.5. The second-order valence-corrected chi connectivity index (χ2v) is 5.71. The maximum atomic E-state index is 12.7. The first-order valence-electron chi connectivity index (χ1n) is 6.93. The Morgan fingerprint density at radius 1 is 1.43 bits per heavy atom. The predicted octanol–water partition coefficient (Wildman–Crippen LogP) is 3.21. The summed E-state index contributed by atoms with van der Waals surface area (Å²) in [7, 11) is 1.62. The summed E-state index contributed by atoms with van der Waals surface area (Å²) in [6.07, 6.45) is 1.28. The van der Waals surface area contributed by atoms with Crippen molar-refractivity contribution in [3.8, 4) is 11.8 Å². The summed E-state index contributed by atoms with van der Waals surface area (Å²) >= 11 is 0. The molecule has 4 heteroatoms. The molecule has 1 unspecified atom stereocenters. The zero-order valence-corrected chi connectivity index (χ0v) is 12.4. The van der Waals surface area contributed by atoms with E-state index in [1.807, 2.05) is 25.1 Å². The number of Topliss-reactive ketones (excluding diaryl/α,β-unsaturated/α-hetero) is 1. The molecule has 0 saturated carbocycles. The van der Waals surface area contributed by atoms with E-state index in [1.165, 1.54) is 0 Å². The first kappa shape index (κ1) is 13.6. The summed E-state index contributed by atoms with van der Waals surface area (Å²) < 4.78 is 5.23. The van der Waals surface area contributed by atoms with E-state index in [-0.39, 0.29) is 5.78 Å². The monoisotopic (exact) mass is 280 g/mol. The Kier molecular flexibility index (Phi) is 2.94. The highest BCUT2D eigenvalue weighted by Gasteiger charge is 2.40. The van der Waals surface area contributed by atoms with Crippen LogP contribution < -0.4 is 4.74 Å². The van der Waals surface area contributed by atoms with Gasteiger partial charge in [-0.25, -0.2) is 0 Å². The molecule has 1 aliphatic rings. The Labute approximate surface area is 123 Å². The molecule has 2 aromatic rings. The van der Waals surface area contributed by atoms with Crippen molar-refractivity contribution in [3.63, 3.8) is 0 Å². The van der Waals surface area contributed by atoms with Gasteiger partial charge >= 0.3 is 0 Å². The molecular formula is C17H16N2O2. The van der Waals surface area contributed by atoms with Crippen molar-refractivity contribution in [1.82, 2.24) is 4.98 Å². The molecule has 0 spiro atoms. The Morgan fingerprint density at radius 2 is 2.19 bits per heavy atom. The van der Waals surface area contributed by atoms with Crippen molar-refractivity contribution in [2.75, 3.05) is 7.11 Å². The molecule has 1 atom stereocenters. The van der Waals surface area contributed by atoms with Gasteiger partial charge in [0.25, 0.3) is 0 Å². The van der Waals surface area contributed by atoms with Gasteiger partial charge < -0.3 is 4.74 Å². The minimum absolute atomic E-state index is 0.103. The fourth-order valence-corrected chi connectivity index (χ4v) is 3.01. The number of aryl methyl sites for hydroxylation is 2. The molecule has 3 rings (SSSR count). The molecule has 21 heavy (non-hydrogen) atoms. The van der Waals surface area contributed by atoms with E-state index in [1.54, 1.807) is 14.0 Å². The molecule has 4 nitrogen and oxygen atoms in total. The summed E-state index contributed by atoms with van der Waals surface area (Å²) in [5.41, 5.74) is 2.23. The maximum Gasteiger partial charge on any atom is 0.184 e. The zero-order chi connectivity index (χ0) is 15.2. The molecule has 1 aromatic heterocycles. The minimum atomic E-state index is -0.931. The molecule has 1 aromatic carbocycles. The van der Waals surface area contributed by atoms with E-state index in [0.717, 1.165) is 28.6 Å². The van der Waals surface area contributed by atoms with Crippen LogP contribution in [-0.2, 0) is 6.42 Å². The number of ketones is 1. The molecule has 1 heterocycles. The van der Waals surface area contributed by atoms with Crippen LogP contribution in [0.15, 0.2) is 18.2 Å².